The van der Waals surface area contributed by atoms with Crippen LogP contribution in [-0.4, -0.2) is 71.1 Å². The van der Waals surface area contributed by atoms with Crippen molar-refractivity contribution in [3.05, 3.63) is 0 Å². The predicted octanol–water partition coefficient (Wildman–Crippen LogP) is 1.20. The van der Waals surface area contributed by atoms with Gasteiger partial charge in [0.2, 0.25) is 0 Å². The molecule has 0 radical (unpaired) electrons. The number of cyclic esters (lactones) is 1. The van der Waals surface area contributed by atoms with Crippen LogP contribution in [0.15, 0.2) is 0 Å². The van der Waals surface area contributed by atoms with E-state index in [4.69, 9.17) is 14.6 Å². The van der Waals surface area contributed by atoms with Crippen LogP contribution in [0.25, 0.3) is 0 Å². The molecule has 2 rings (SSSR count). The Morgan fingerprint density at radius 1 is 1.38 bits per heavy atom. The number of piperidine rings is 1. The summed E-state index contributed by atoms with van der Waals surface area (Å²) in [5, 5.41) is 9.09. The van der Waals surface area contributed by atoms with Gasteiger partial charge >= 0.3 is 12.2 Å². The Morgan fingerprint density at radius 2 is 2.00 bits per heavy atom. The van der Waals surface area contributed by atoms with Crippen LogP contribution in [0.5, 0.6) is 0 Å². The average Bonchev–Trinajstić information content (AvgIpc) is 2.68. The number of carbonyl (C=O) groups excluding carboxylic acids is 2. The van der Waals surface area contributed by atoms with Crippen LogP contribution in [-0.2, 0) is 9.47 Å². The van der Waals surface area contributed by atoms with Crippen molar-refractivity contribution in [2.75, 3.05) is 32.8 Å². The van der Waals surface area contributed by atoms with E-state index >= 15 is 0 Å². The molecule has 1 N–H and O–H groups in total. The van der Waals surface area contributed by atoms with Gasteiger partial charge in [-0.3, -0.25) is 4.90 Å². The first kappa shape index (κ1) is 15.9. The van der Waals surface area contributed by atoms with Crippen LogP contribution >= 0.6 is 0 Å². The Labute approximate surface area is 124 Å². The molecule has 21 heavy (non-hydrogen) atoms. The third kappa shape index (κ3) is 3.40. The molecule has 0 bridgehead atoms. The highest BCUT2D eigenvalue weighted by molar-refractivity contribution is 5.72. The number of hydrogen-bond donors (Lipinski definition) is 1. The molecule has 0 aliphatic carbocycles. The predicted molar refractivity (Wildman–Crippen MR) is 74.9 cm³/mol. The van der Waals surface area contributed by atoms with Gasteiger partial charge in [0.05, 0.1) is 12.1 Å². The van der Waals surface area contributed by atoms with Gasteiger partial charge < -0.3 is 19.5 Å². The second-order valence-corrected chi connectivity index (χ2v) is 6.62. The molecule has 2 heterocycles. The highest BCUT2D eigenvalue weighted by Crippen LogP contribution is 2.34. The number of carbonyl (C=O) groups is 2. The Kier molecular flexibility index (Phi) is 4.32. The van der Waals surface area contributed by atoms with Crippen LogP contribution in [0.1, 0.15) is 33.6 Å². The van der Waals surface area contributed by atoms with E-state index in [0.29, 0.717) is 32.5 Å². The summed E-state index contributed by atoms with van der Waals surface area (Å²) in [5.41, 5.74) is -0.903. The molecule has 0 unspecified atom stereocenters. The fourth-order valence-corrected chi connectivity index (χ4v) is 2.82. The Hall–Kier alpha value is -1.50. The van der Waals surface area contributed by atoms with Crippen molar-refractivity contribution in [2.24, 2.45) is 0 Å². The van der Waals surface area contributed by atoms with Crippen molar-refractivity contribution in [1.82, 2.24) is 9.80 Å². The topological polar surface area (TPSA) is 79.3 Å². The molecule has 0 saturated carbocycles. The first-order valence-corrected chi connectivity index (χ1v) is 7.31. The third-order valence-corrected chi connectivity index (χ3v) is 3.93. The van der Waals surface area contributed by atoms with Crippen LogP contribution in [0.2, 0.25) is 0 Å². The van der Waals surface area contributed by atoms with E-state index in [1.54, 1.807) is 9.80 Å². The van der Waals surface area contributed by atoms with E-state index in [9.17, 15) is 9.59 Å². The Morgan fingerprint density at radius 3 is 2.52 bits per heavy atom. The van der Waals surface area contributed by atoms with Gasteiger partial charge in [0.25, 0.3) is 0 Å². The second kappa shape index (κ2) is 5.71. The zero-order valence-electron chi connectivity index (χ0n) is 12.9. The van der Waals surface area contributed by atoms with Gasteiger partial charge in [-0.25, -0.2) is 9.59 Å². The van der Waals surface area contributed by atoms with Gasteiger partial charge in [-0.15, -0.1) is 0 Å². The van der Waals surface area contributed by atoms with Gasteiger partial charge in [0.1, 0.15) is 12.2 Å². The molecule has 2 aliphatic rings. The van der Waals surface area contributed by atoms with Crippen molar-refractivity contribution >= 4 is 12.2 Å². The molecule has 2 amide bonds. The number of aliphatic hydroxyl groups is 1. The maximum absolute atomic E-state index is 12.0. The lowest BCUT2D eigenvalue weighted by atomic mass is 9.87. The molecular formula is C14H24N2O5. The minimum absolute atomic E-state index is 0.0906. The standard InChI is InChI=1S/C14H24N2O5/c1-13(2,3)21-11(18)15-6-4-14(5-7-15)10-20-12(19)16(14)8-9-17/h17H,4-10H2,1-3H3. The molecule has 0 aromatic heterocycles. The Bertz CT molecular complexity index is 410. The molecule has 1 spiro atoms. The quantitative estimate of drug-likeness (QED) is 0.829. The molecule has 2 saturated heterocycles. The number of β-amino-alcohol motifs (C(OH)–C–C–N with tert-alkyl or cyclic N) is 1. The van der Waals surface area contributed by atoms with Crippen molar-refractivity contribution < 1.29 is 24.2 Å². The lowest BCUT2D eigenvalue weighted by Gasteiger charge is -2.42. The van der Waals surface area contributed by atoms with E-state index < -0.39 is 11.1 Å². The average molecular weight is 300 g/mol. The number of hydrogen-bond acceptors (Lipinski definition) is 5. The van der Waals surface area contributed by atoms with Crippen LogP contribution in [0.3, 0.4) is 0 Å². The van der Waals surface area contributed by atoms with Crippen molar-refractivity contribution in [1.29, 1.82) is 0 Å². The zero-order chi connectivity index (χ0) is 15.7. The highest BCUT2D eigenvalue weighted by Gasteiger charge is 2.49. The zero-order valence-corrected chi connectivity index (χ0v) is 12.9. The third-order valence-electron chi connectivity index (χ3n) is 3.93. The van der Waals surface area contributed by atoms with Crippen LogP contribution in [0.4, 0.5) is 9.59 Å². The van der Waals surface area contributed by atoms with Crippen LogP contribution < -0.4 is 0 Å². The molecule has 0 atom stereocenters. The Balaban J connectivity index is 1.96. The number of likely N-dealkylation sites (tertiary alicyclic amines) is 1. The molecular weight excluding hydrogens is 276 g/mol. The summed E-state index contributed by atoms with van der Waals surface area (Å²) in [5.74, 6) is 0. The summed E-state index contributed by atoms with van der Waals surface area (Å²) in [6.45, 7) is 7.06. The monoisotopic (exact) mass is 300 g/mol. The van der Waals surface area contributed by atoms with Crippen LogP contribution in [0, 0.1) is 0 Å². The maximum Gasteiger partial charge on any atom is 0.410 e. The molecule has 2 aliphatic heterocycles. The van der Waals surface area contributed by atoms with Gasteiger partial charge in [0, 0.05) is 19.6 Å². The lowest BCUT2D eigenvalue weighted by molar-refractivity contribution is 0.00589. The molecule has 0 aromatic carbocycles. The van der Waals surface area contributed by atoms with E-state index in [-0.39, 0.29) is 25.3 Å². The van der Waals surface area contributed by atoms with Gasteiger partial charge in [0.15, 0.2) is 0 Å². The lowest BCUT2D eigenvalue weighted by Crippen LogP contribution is -2.56. The molecule has 7 nitrogen and oxygen atoms in total. The minimum Gasteiger partial charge on any atom is -0.447 e. The van der Waals surface area contributed by atoms with Crippen molar-refractivity contribution in [3.63, 3.8) is 0 Å². The van der Waals surface area contributed by atoms with E-state index in [2.05, 4.69) is 0 Å². The summed E-state index contributed by atoms with van der Waals surface area (Å²) in [6.07, 6.45) is 0.571. The number of rotatable bonds is 2. The number of nitrogens with zero attached hydrogens (tertiary/aromatic N) is 2. The highest BCUT2D eigenvalue weighted by atomic mass is 16.6. The van der Waals surface area contributed by atoms with Crippen molar-refractivity contribution in [3.8, 4) is 0 Å². The largest absolute Gasteiger partial charge is 0.447 e. The number of ether oxygens (including phenoxy) is 2. The van der Waals surface area contributed by atoms with E-state index in [0.717, 1.165) is 0 Å². The number of aliphatic hydroxyl groups excluding tert-OH is 1. The fourth-order valence-electron chi connectivity index (χ4n) is 2.82. The SMILES string of the molecule is CC(C)(C)OC(=O)N1CCC2(CC1)COC(=O)N2CCO. The summed E-state index contributed by atoms with van der Waals surface area (Å²) in [7, 11) is 0. The van der Waals surface area contributed by atoms with E-state index in [1.165, 1.54) is 0 Å². The van der Waals surface area contributed by atoms with Gasteiger partial charge in [-0.05, 0) is 33.6 Å². The molecule has 7 heteroatoms. The summed E-state index contributed by atoms with van der Waals surface area (Å²) in [6, 6.07) is 0. The normalized spacial score (nSPS) is 21.6. The summed E-state index contributed by atoms with van der Waals surface area (Å²) >= 11 is 0. The molecule has 0 aromatic rings. The molecule has 120 valence electrons. The maximum atomic E-state index is 12.0. The van der Waals surface area contributed by atoms with Gasteiger partial charge in [-0.2, -0.15) is 0 Å². The number of amides is 2. The summed E-state index contributed by atoms with van der Waals surface area (Å²) in [4.78, 5) is 27.0. The first-order valence-electron chi connectivity index (χ1n) is 7.31. The smallest absolute Gasteiger partial charge is 0.410 e. The van der Waals surface area contributed by atoms with E-state index in [1.807, 2.05) is 20.8 Å². The van der Waals surface area contributed by atoms with Crippen molar-refractivity contribution in [2.45, 2.75) is 44.8 Å². The first-order chi connectivity index (χ1) is 9.77. The summed E-state index contributed by atoms with van der Waals surface area (Å²) < 4.78 is 10.5. The van der Waals surface area contributed by atoms with Gasteiger partial charge in [-0.1, -0.05) is 0 Å². The molecule has 2 fully saturated rings. The fraction of sp³-hybridized carbons (Fsp3) is 0.857. The second-order valence-electron chi connectivity index (χ2n) is 6.62. The minimum atomic E-state index is -0.512.